The first-order valence-corrected chi connectivity index (χ1v) is 5.13. The molecular weight excluding hydrogens is 166 g/mol. The number of morpholine rings is 1. The fourth-order valence-corrected chi connectivity index (χ4v) is 1.86. The molecule has 75 valence electrons. The number of hydrogen-bond acceptors (Lipinski definition) is 3. The van der Waals surface area contributed by atoms with Gasteiger partial charge in [0, 0.05) is 45.8 Å². The highest BCUT2D eigenvalue weighted by atomic mass is 16.5. The number of rotatable bonds is 2. The van der Waals surface area contributed by atoms with E-state index in [4.69, 9.17) is 4.74 Å². The Hall–Kier alpha value is -0.160. The molecule has 0 amide bonds. The van der Waals surface area contributed by atoms with Crippen molar-refractivity contribution in [2.75, 3.05) is 52.4 Å². The number of nitrogens with one attached hydrogen (secondary N) is 1. The van der Waals surface area contributed by atoms with E-state index in [1.807, 2.05) is 0 Å². The van der Waals surface area contributed by atoms with Gasteiger partial charge in [-0.3, -0.25) is 4.90 Å². The maximum absolute atomic E-state index is 5.62. The van der Waals surface area contributed by atoms with Gasteiger partial charge in [-0.2, -0.15) is 0 Å². The summed E-state index contributed by atoms with van der Waals surface area (Å²) in [5, 5.41) is 7.70. The third kappa shape index (κ3) is 2.91. The zero-order valence-corrected chi connectivity index (χ0v) is 8.04. The summed E-state index contributed by atoms with van der Waals surface area (Å²) in [4.78, 5) is 2.46. The molecule has 1 unspecified atom stereocenters. The summed E-state index contributed by atoms with van der Waals surface area (Å²) < 4.78 is 5.62. The first-order valence-electron chi connectivity index (χ1n) is 5.13. The second-order valence-corrected chi connectivity index (χ2v) is 3.67. The minimum Gasteiger partial charge on any atom is -0.374 e. The van der Waals surface area contributed by atoms with Gasteiger partial charge in [-0.15, -0.1) is 0 Å². The molecule has 4 nitrogen and oxygen atoms in total. The van der Waals surface area contributed by atoms with Crippen LogP contribution in [0, 0.1) is 0 Å². The summed E-state index contributed by atoms with van der Waals surface area (Å²) in [6.45, 7) is 8.19. The maximum atomic E-state index is 5.62. The Labute approximate surface area is 79.6 Å². The van der Waals surface area contributed by atoms with Crippen LogP contribution in [0.2, 0.25) is 0 Å². The van der Waals surface area contributed by atoms with Crippen LogP contribution in [0.15, 0.2) is 0 Å². The van der Waals surface area contributed by atoms with Crippen molar-refractivity contribution in [3.8, 4) is 0 Å². The molecule has 1 radical (unpaired) electrons. The smallest absolute Gasteiger partial charge is 0.0843 e. The van der Waals surface area contributed by atoms with E-state index in [0.29, 0.717) is 6.10 Å². The standard InChI is InChI=1S/C9H18N3O/c1-4-12(5-2-10-1)8-9-7-11-3-6-13-9/h9-10H,1-8H2. The van der Waals surface area contributed by atoms with Gasteiger partial charge in [-0.1, -0.05) is 0 Å². The summed E-state index contributed by atoms with van der Waals surface area (Å²) >= 11 is 0. The molecule has 2 aliphatic rings. The number of hydrogen-bond donors (Lipinski definition) is 1. The fourth-order valence-electron chi connectivity index (χ4n) is 1.86. The second-order valence-electron chi connectivity index (χ2n) is 3.67. The van der Waals surface area contributed by atoms with Crippen molar-refractivity contribution in [3.63, 3.8) is 0 Å². The summed E-state index contributed by atoms with van der Waals surface area (Å²) in [5.74, 6) is 0. The van der Waals surface area contributed by atoms with Crippen molar-refractivity contribution in [2.45, 2.75) is 6.10 Å². The Balaban J connectivity index is 1.69. The lowest BCUT2D eigenvalue weighted by Gasteiger charge is -2.32. The molecule has 0 aromatic heterocycles. The lowest BCUT2D eigenvalue weighted by molar-refractivity contribution is 0.00228. The normalized spacial score (nSPS) is 31.8. The van der Waals surface area contributed by atoms with E-state index < -0.39 is 0 Å². The van der Waals surface area contributed by atoms with Gasteiger partial charge in [0.1, 0.15) is 0 Å². The summed E-state index contributed by atoms with van der Waals surface area (Å²) in [7, 11) is 0. The van der Waals surface area contributed by atoms with Crippen LogP contribution in [0.3, 0.4) is 0 Å². The molecule has 0 aromatic carbocycles. The van der Waals surface area contributed by atoms with Crippen LogP contribution in [-0.2, 0) is 4.74 Å². The number of piperazine rings is 1. The molecule has 1 atom stereocenters. The van der Waals surface area contributed by atoms with E-state index in [1.54, 1.807) is 0 Å². The molecule has 13 heavy (non-hydrogen) atoms. The average Bonchev–Trinajstić information content (AvgIpc) is 2.21. The molecule has 2 fully saturated rings. The number of ether oxygens (including phenoxy) is 1. The van der Waals surface area contributed by atoms with Crippen LogP contribution < -0.4 is 10.6 Å². The Morgan fingerprint density at radius 3 is 2.92 bits per heavy atom. The first-order chi connectivity index (χ1) is 6.45. The zero-order valence-electron chi connectivity index (χ0n) is 8.04. The van der Waals surface area contributed by atoms with Crippen molar-refractivity contribution in [1.82, 2.24) is 15.5 Å². The van der Waals surface area contributed by atoms with E-state index in [1.165, 1.54) is 0 Å². The first kappa shape index (κ1) is 9.40. The molecule has 0 bridgehead atoms. The molecule has 2 aliphatic heterocycles. The highest BCUT2D eigenvalue weighted by Crippen LogP contribution is 2.01. The SMILES string of the molecule is C1COC(CN2CCNCC2)C[N]1. The van der Waals surface area contributed by atoms with Gasteiger partial charge in [0.2, 0.25) is 0 Å². The molecule has 2 heterocycles. The Morgan fingerprint density at radius 2 is 2.23 bits per heavy atom. The van der Waals surface area contributed by atoms with E-state index in [9.17, 15) is 0 Å². The minimum atomic E-state index is 0.354. The van der Waals surface area contributed by atoms with E-state index in [2.05, 4.69) is 15.5 Å². The van der Waals surface area contributed by atoms with E-state index in [-0.39, 0.29) is 0 Å². The molecule has 0 aliphatic carbocycles. The predicted octanol–water partition coefficient (Wildman–Crippen LogP) is -1.11. The lowest BCUT2D eigenvalue weighted by Crippen LogP contribution is -2.49. The molecular formula is C9H18N3O. The highest BCUT2D eigenvalue weighted by molar-refractivity contribution is 4.75. The molecule has 4 heteroatoms. The third-order valence-corrected chi connectivity index (χ3v) is 2.61. The van der Waals surface area contributed by atoms with Gasteiger partial charge < -0.3 is 10.1 Å². The van der Waals surface area contributed by atoms with Gasteiger partial charge in [0.05, 0.1) is 12.7 Å². The largest absolute Gasteiger partial charge is 0.374 e. The van der Waals surface area contributed by atoms with Crippen molar-refractivity contribution in [2.24, 2.45) is 0 Å². The molecule has 0 aromatic rings. The summed E-state index contributed by atoms with van der Waals surface area (Å²) in [6.07, 6.45) is 0.354. The molecule has 0 spiro atoms. The van der Waals surface area contributed by atoms with Gasteiger partial charge >= 0.3 is 0 Å². The fraction of sp³-hybridized carbons (Fsp3) is 1.00. The van der Waals surface area contributed by atoms with Crippen molar-refractivity contribution < 1.29 is 4.74 Å². The molecule has 0 saturated carbocycles. The van der Waals surface area contributed by atoms with Gasteiger partial charge in [-0.25, -0.2) is 5.32 Å². The zero-order chi connectivity index (χ0) is 8.93. The van der Waals surface area contributed by atoms with Crippen molar-refractivity contribution in [3.05, 3.63) is 0 Å². The molecule has 1 N–H and O–H groups in total. The molecule has 2 saturated heterocycles. The van der Waals surface area contributed by atoms with Crippen LogP contribution in [0.25, 0.3) is 0 Å². The van der Waals surface area contributed by atoms with Crippen LogP contribution in [0.5, 0.6) is 0 Å². The Kier molecular flexibility index (Phi) is 3.55. The van der Waals surface area contributed by atoms with Crippen molar-refractivity contribution >= 4 is 0 Å². The summed E-state index contributed by atoms with van der Waals surface area (Å²) in [6, 6.07) is 0. The number of nitrogens with zero attached hydrogens (tertiary/aromatic N) is 2. The Bertz CT molecular complexity index is 126. The highest BCUT2D eigenvalue weighted by Gasteiger charge is 2.18. The Morgan fingerprint density at radius 1 is 1.38 bits per heavy atom. The lowest BCUT2D eigenvalue weighted by atomic mass is 10.2. The third-order valence-electron chi connectivity index (χ3n) is 2.61. The topological polar surface area (TPSA) is 38.6 Å². The van der Waals surface area contributed by atoms with Gasteiger partial charge in [0.25, 0.3) is 0 Å². The van der Waals surface area contributed by atoms with Gasteiger partial charge in [-0.05, 0) is 0 Å². The van der Waals surface area contributed by atoms with E-state index >= 15 is 0 Å². The summed E-state index contributed by atoms with van der Waals surface area (Å²) in [5.41, 5.74) is 0. The minimum absolute atomic E-state index is 0.354. The van der Waals surface area contributed by atoms with Gasteiger partial charge in [0.15, 0.2) is 0 Å². The van der Waals surface area contributed by atoms with Crippen LogP contribution in [-0.4, -0.2) is 63.4 Å². The quantitative estimate of drug-likeness (QED) is 0.592. The predicted molar refractivity (Wildman–Crippen MR) is 50.9 cm³/mol. The van der Waals surface area contributed by atoms with Crippen LogP contribution in [0.1, 0.15) is 0 Å². The molecule has 2 rings (SSSR count). The van der Waals surface area contributed by atoms with Crippen LogP contribution >= 0.6 is 0 Å². The van der Waals surface area contributed by atoms with Crippen molar-refractivity contribution in [1.29, 1.82) is 0 Å². The monoisotopic (exact) mass is 184 g/mol. The van der Waals surface area contributed by atoms with Crippen LogP contribution in [0.4, 0.5) is 0 Å². The average molecular weight is 184 g/mol. The van der Waals surface area contributed by atoms with E-state index in [0.717, 1.165) is 52.4 Å². The maximum Gasteiger partial charge on any atom is 0.0843 e. The second kappa shape index (κ2) is 4.91.